The van der Waals surface area contributed by atoms with Gasteiger partial charge in [0, 0.05) is 12.8 Å². The van der Waals surface area contributed by atoms with Gasteiger partial charge in [0.05, 0.1) is 13.2 Å². The maximum atomic E-state index is 12.7. The molecule has 322 valence electrons. The molecule has 1 fully saturated rings. The Morgan fingerprint density at radius 1 is 0.571 bits per heavy atom. The van der Waals surface area contributed by atoms with E-state index in [0.717, 1.165) is 51.4 Å². The summed E-state index contributed by atoms with van der Waals surface area (Å²) in [4.78, 5) is 25.3. The van der Waals surface area contributed by atoms with Crippen molar-refractivity contribution < 1.29 is 49.0 Å². The molecule has 0 bridgehead atoms. The largest absolute Gasteiger partial charge is 0.462 e. The van der Waals surface area contributed by atoms with E-state index < -0.39 is 55.4 Å². The van der Waals surface area contributed by atoms with Crippen LogP contribution >= 0.6 is 0 Å². The van der Waals surface area contributed by atoms with Crippen LogP contribution in [0.2, 0.25) is 0 Å². The van der Waals surface area contributed by atoms with Crippen molar-refractivity contribution in [2.75, 3.05) is 19.8 Å². The smallest absolute Gasteiger partial charge is 0.306 e. The van der Waals surface area contributed by atoms with Crippen LogP contribution < -0.4 is 0 Å². The van der Waals surface area contributed by atoms with Gasteiger partial charge in [-0.2, -0.15) is 0 Å². The Labute approximate surface area is 339 Å². The predicted molar refractivity (Wildman–Crippen MR) is 224 cm³/mol. The summed E-state index contributed by atoms with van der Waals surface area (Å²) in [7, 11) is 0. The summed E-state index contributed by atoms with van der Waals surface area (Å²) >= 11 is 0. The molecule has 0 aliphatic carbocycles. The van der Waals surface area contributed by atoms with E-state index in [4.69, 9.17) is 18.9 Å². The number of carbonyl (C=O) groups is 2. The zero-order valence-electron chi connectivity index (χ0n) is 34.9. The van der Waals surface area contributed by atoms with E-state index in [1.54, 1.807) is 0 Å². The molecule has 1 heterocycles. The standard InChI is InChI=1S/C46H78O10/c1-3-5-7-9-11-13-15-17-19-20-21-23-25-27-29-31-33-35-42(49)55-39(38-54-46-45(52)44(51)43(50)40(36-47)56-46)37-53-41(48)34-32-30-28-26-24-22-18-16-14-12-10-8-6-4-2/h5,7,11,13,17,19,21,23,27,29,39-40,43-47,50-52H,3-4,6,8-10,12,14-16,18,20,22,24-26,28,30-38H2,1-2H3/b7-5+,13-11+,19-17+,23-21+,29-27+/t39-,40-,43+,44?,45?,46-/m1/s1. The van der Waals surface area contributed by atoms with E-state index in [0.29, 0.717) is 12.8 Å². The zero-order valence-corrected chi connectivity index (χ0v) is 34.9. The summed E-state index contributed by atoms with van der Waals surface area (Å²) in [6, 6.07) is 0. The second kappa shape index (κ2) is 36.7. The molecule has 1 aliphatic heterocycles. The van der Waals surface area contributed by atoms with E-state index in [9.17, 15) is 30.0 Å². The number of hydrogen-bond acceptors (Lipinski definition) is 10. The van der Waals surface area contributed by atoms with Crippen molar-refractivity contribution in [2.24, 2.45) is 0 Å². The molecule has 0 aromatic heterocycles. The van der Waals surface area contributed by atoms with Crippen LogP contribution in [0.5, 0.6) is 0 Å². The molecule has 0 spiro atoms. The van der Waals surface area contributed by atoms with Gasteiger partial charge >= 0.3 is 11.9 Å². The topological polar surface area (TPSA) is 152 Å². The molecular weight excluding hydrogens is 712 g/mol. The third-order valence-corrected chi connectivity index (χ3v) is 9.67. The number of esters is 2. The van der Waals surface area contributed by atoms with E-state index in [2.05, 4.69) is 68.5 Å². The molecule has 1 rings (SSSR count). The lowest BCUT2D eigenvalue weighted by molar-refractivity contribution is -0.305. The summed E-state index contributed by atoms with van der Waals surface area (Å²) in [6.45, 7) is 3.24. The van der Waals surface area contributed by atoms with E-state index in [1.807, 2.05) is 6.08 Å². The van der Waals surface area contributed by atoms with Gasteiger partial charge in [-0.3, -0.25) is 9.59 Å². The minimum absolute atomic E-state index is 0.151. The Hall–Kier alpha value is -2.60. The quantitative estimate of drug-likeness (QED) is 0.0278. The Morgan fingerprint density at radius 2 is 1.05 bits per heavy atom. The monoisotopic (exact) mass is 791 g/mol. The van der Waals surface area contributed by atoms with Crippen LogP contribution in [0.4, 0.5) is 0 Å². The SMILES string of the molecule is CC/C=C/C/C=C/C/C=C/C/C=C/C/C=C/CCCC(=O)O[C@H](COC(=O)CCCCCCCCCCCCCCCC)CO[C@@H]1O[C@H](CO)[C@H](O)C(O)C1O. The van der Waals surface area contributed by atoms with Crippen molar-refractivity contribution >= 4 is 11.9 Å². The number of aliphatic hydroxyl groups is 4. The first kappa shape index (κ1) is 51.4. The number of aliphatic hydroxyl groups excluding tert-OH is 4. The van der Waals surface area contributed by atoms with Gasteiger partial charge in [-0.05, 0) is 51.4 Å². The average molecular weight is 791 g/mol. The van der Waals surface area contributed by atoms with Crippen LogP contribution in [-0.2, 0) is 28.5 Å². The van der Waals surface area contributed by atoms with Crippen molar-refractivity contribution in [3.63, 3.8) is 0 Å². The fraction of sp³-hybridized carbons (Fsp3) is 0.739. The van der Waals surface area contributed by atoms with Gasteiger partial charge in [-0.25, -0.2) is 0 Å². The summed E-state index contributed by atoms with van der Waals surface area (Å²) in [5.74, 6) is -0.876. The minimum Gasteiger partial charge on any atom is -0.462 e. The molecule has 1 saturated heterocycles. The molecule has 0 radical (unpaired) electrons. The average Bonchev–Trinajstić information content (AvgIpc) is 3.19. The number of ether oxygens (including phenoxy) is 4. The summed E-state index contributed by atoms with van der Waals surface area (Å²) in [6.07, 6.45) is 36.6. The van der Waals surface area contributed by atoms with Crippen molar-refractivity contribution in [2.45, 2.75) is 198 Å². The summed E-state index contributed by atoms with van der Waals surface area (Å²) in [5, 5.41) is 40.0. The van der Waals surface area contributed by atoms with Crippen molar-refractivity contribution in [1.82, 2.24) is 0 Å². The van der Waals surface area contributed by atoms with Gasteiger partial charge in [-0.1, -0.05) is 158 Å². The molecule has 0 aromatic rings. The van der Waals surface area contributed by atoms with Gasteiger partial charge < -0.3 is 39.4 Å². The number of unbranched alkanes of at least 4 members (excludes halogenated alkanes) is 14. The first-order valence-electron chi connectivity index (χ1n) is 21.9. The Balaban J connectivity index is 2.39. The highest BCUT2D eigenvalue weighted by molar-refractivity contribution is 5.70. The number of rotatable bonds is 35. The van der Waals surface area contributed by atoms with Crippen LogP contribution in [0.25, 0.3) is 0 Å². The molecular formula is C46H78O10. The Morgan fingerprint density at radius 3 is 1.57 bits per heavy atom. The summed E-state index contributed by atoms with van der Waals surface area (Å²) in [5.41, 5.74) is 0. The Bertz CT molecular complexity index is 1100. The number of allylic oxidation sites excluding steroid dienone is 10. The highest BCUT2D eigenvalue weighted by Crippen LogP contribution is 2.22. The second-order valence-electron chi connectivity index (χ2n) is 14.8. The molecule has 0 aromatic carbocycles. The van der Waals surface area contributed by atoms with Gasteiger partial charge in [-0.15, -0.1) is 0 Å². The maximum absolute atomic E-state index is 12.7. The van der Waals surface area contributed by atoms with Crippen molar-refractivity contribution in [1.29, 1.82) is 0 Å². The molecule has 2 unspecified atom stereocenters. The van der Waals surface area contributed by atoms with E-state index >= 15 is 0 Å². The third-order valence-electron chi connectivity index (χ3n) is 9.67. The van der Waals surface area contributed by atoms with Crippen molar-refractivity contribution in [3.8, 4) is 0 Å². The van der Waals surface area contributed by atoms with Crippen LogP contribution in [0.3, 0.4) is 0 Å². The van der Waals surface area contributed by atoms with Gasteiger partial charge in [0.1, 0.15) is 31.0 Å². The summed E-state index contributed by atoms with van der Waals surface area (Å²) < 4.78 is 22.1. The normalized spacial score (nSPS) is 21.0. The molecule has 56 heavy (non-hydrogen) atoms. The maximum Gasteiger partial charge on any atom is 0.306 e. The fourth-order valence-corrected chi connectivity index (χ4v) is 6.22. The van der Waals surface area contributed by atoms with Gasteiger partial charge in [0.15, 0.2) is 12.4 Å². The van der Waals surface area contributed by atoms with E-state index in [-0.39, 0.29) is 26.1 Å². The lowest BCUT2D eigenvalue weighted by atomic mass is 9.99. The minimum atomic E-state index is -1.61. The fourth-order valence-electron chi connectivity index (χ4n) is 6.22. The third kappa shape index (κ3) is 27.9. The molecule has 0 saturated carbocycles. The number of carbonyl (C=O) groups excluding carboxylic acids is 2. The van der Waals surface area contributed by atoms with Crippen molar-refractivity contribution in [3.05, 3.63) is 60.8 Å². The first-order chi connectivity index (χ1) is 27.3. The predicted octanol–water partition coefficient (Wildman–Crippen LogP) is 9.05. The Kier molecular flexibility index (Phi) is 33.7. The highest BCUT2D eigenvalue weighted by Gasteiger charge is 2.44. The molecule has 0 amide bonds. The molecule has 10 nitrogen and oxygen atoms in total. The lowest BCUT2D eigenvalue weighted by Crippen LogP contribution is -2.59. The molecule has 10 heteroatoms. The number of hydrogen-bond donors (Lipinski definition) is 4. The molecule has 6 atom stereocenters. The van der Waals surface area contributed by atoms with Crippen LogP contribution in [-0.4, -0.2) is 89.0 Å². The highest BCUT2D eigenvalue weighted by atomic mass is 16.7. The van der Waals surface area contributed by atoms with Crippen LogP contribution in [0.1, 0.15) is 162 Å². The zero-order chi connectivity index (χ0) is 40.9. The van der Waals surface area contributed by atoms with Gasteiger partial charge in [0.25, 0.3) is 0 Å². The van der Waals surface area contributed by atoms with E-state index in [1.165, 1.54) is 70.6 Å². The van der Waals surface area contributed by atoms with Crippen LogP contribution in [0, 0.1) is 0 Å². The lowest BCUT2D eigenvalue weighted by Gasteiger charge is -2.39. The second-order valence-corrected chi connectivity index (χ2v) is 14.8. The molecule has 1 aliphatic rings. The van der Waals surface area contributed by atoms with Crippen LogP contribution in [0.15, 0.2) is 60.8 Å². The first-order valence-corrected chi connectivity index (χ1v) is 21.9. The molecule has 4 N–H and O–H groups in total. The van der Waals surface area contributed by atoms with Gasteiger partial charge in [0.2, 0.25) is 0 Å².